The van der Waals surface area contributed by atoms with Gasteiger partial charge in [0.15, 0.2) is 0 Å². The van der Waals surface area contributed by atoms with Crippen LogP contribution in [0.4, 0.5) is 21.9 Å². The number of nitrogens with zero attached hydrogens (tertiary/aromatic N) is 3. The lowest BCUT2D eigenvalue weighted by Crippen LogP contribution is -2.52. The maximum Gasteiger partial charge on any atom is 0.326 e. The van der Waals surface area contributed by atoms with Gasteiger partial charge in [0.25, 0.3) is 0 Å². The van der Waals surface area contributed by atoms with Gasteiger partial charge in [0.05, 0.1) is 11.4 Å². The van der Waals surface area contributed by atoms with Crippen LogP contribution in [0.1, 0.15) is 5.56 Å². The van der Waals surface area contributed by atoms with Crippen molar-refractivity contribution in [3.63, 3.8) is 0 Å². The van der Waals surface area contributed by atoms with Gasteiger partial charge < -0.3 is 15.5 Å². The maximum absolute atomic E-state index is 12.9. The fourth-order valence-electron chi connectivity index (χ4n) is 3.16. The number of amides is 4. The first-order valence-electron chi connectivity index (χ1n) is 9.81. The average Bonchev–Trinajstić information content (AvgIpc) is 2.71. The van der Waals surface area contributed by atoms with E-state index in [0.717, 1.165) is 5.56 Å². The van der Waals surface area contributed by atoms with Gasteiger partial charge in [-0.05, 0) is 45.3 Å². The SMILES string of the molecule is Cc1ccc(NC(=O)N2CC(=O)N(CC(=O)NCCN(C)C)c3ccccc32)cc1. The molecule has 0 saturated heterocycles. The summed E-state index contributed by atoms with van der Waals surface area (Å²) in [6.45, 7) is 2.95. The van der Waals surface area contributed by atoms with Crippen LogP contribution in [-0.2, 0) is 9.59 Å². The Morgan fingerprint density at radius 1 is 1.03 bits per heavy atom. The smallest absolute Gasteiger partial charge is 0.326 e. The fourth-order valence-corrected chi connectivity index (χ4v) is 3.16. The Hall–Kier alpha value is -3.39. The molecule has 1 heterocycles. The number of aryl methyl sites for hydroxylation is 1. The Morgan fingerprint density at radius 3 is 2.37 bits per heavy atom. The second-order valence-corrected chi connectivity index (χ2v) is 7.50. The third-order valence-corrected chi connectivity index (χ3v) is 4.79. The first-order valence-corrected chi connectivity index (χ1v) is 9.81. The monoisotopic (exact) mass is 409 g/mol. The van der Waals surface area contributed by atoms with Crippen LogP contribution in [0.2, 0.25) is 0 Å². The van der Waals surface area contributed by atoms with Crippen LogP contribution in [0.5, 0.6) is 0 Å². The maximum atomic E-state index is 12.9. The summed E-state index contributed by atoms with van der Waals surface area (Å²) >= 11 is 0. The van der Waals surface area contributed by atoms with Crippen molar-refractivity contribution in [3.05, 3.63) is 54.1 Å². The number of anilines is 3. The molecule has 158 valence electrons. The van der Waals surface area contributed by atoms with Gasteiger partial charge in [0.1, 0.15) is 13.1 Å². The molecule has 0 radical (unpaired) electrons. The van der Waals surface area contributed by atoms with E-state index in [1.807, 2.05) is 50.2 Å². The summed E-state index contributed by atoms with van der Waals surface area (Å²) in [5, 5.41) is 5.64. The number of likely N-dealkylation sites (N-methyl/N-ethyl adjacent to an activating group) is 1. The molecular formula is C22H27N5O3. The molecule has 0 fully saturated rings. The van der Waals surface area contributed by atoms with E-state index < -0.39 is 6.03 Å². The molecule has 0 aromatic heterocycles. The van der Waals surface area contributed by atoms with Gasteiger partial charge in [0.2, 0.25) is 11.8 Å². The molecule has 1 aliphatic heterocycles. The first kappa shape index (κ1) is 21.3. The lowest BCUT2D eigenvalue weighted by atomic mass is 10.1. The lowest BCUT2D eigenvalue weighted by Gasteiger charge is -2.35. The zero-order chi connectivity index (χ0) is 21.7. The highest BCUT2D eigenvalue weighted by molar-refractivity contribution is 6.14. The number of hydrogen-bond donors (Lipinski definition) is 2. The molecule has 0 saturated carbocycles. The van der Waals surface area contributed by atoms with Gasteiger partial charge in [-0.2, -0.15) is 0 Å². The Kier molecular flexibility index (Phi) is 6.68. The van der Waals surface area contributed by atoms with Crippen molar-refractivity contribution < 1.29 is 14.4 Å². The average molecular weight is 409 g/mol. The molecule has 4 amide bonds. The van der Waals surface area contributed by atoms with E-state index in [4.69, 9.17) is 0 Å². The number of rotatable bonds is 6. The molecule has 1 aliphatic rings. The summed E-state index contributed by atoms with van der Waals surface area (Å²) < 4.78 is 0. The molecule has 0 unspecified atom stereocenters. The minimum absolute atomic E-state index is 0.0866. The zero-order valence-corrected chi connectivity index (χ0v) is 17.5. The summed E-state index contributed by atoms with van der Waals surface area (Å²) in [6, 6.07) is 14.1. The molecule has 3 rings (SSSR count). The number of para-hydroxylation sites is 2. The molecule has 0 spiro atoms. The van der Waals surface area contributed by atoms with Gasteiger partial charge in [-0.1, -0.05) is 29.8 Å². The van der Waals surface area contributed by atoms with Gasteiger partial charge in [-0.3, -0.25) is 19.4 Å². The number of urea groups is 1. The molecule has 2 aromatic rings. The van der Waals surface area contributed by atoms with Crippen molar-refractivity contribution in [1.82, 2.24) is 10.2 Å². The standard InChI is InChI=1S/C22H27N5O3/c1-16-8-10-17(11-9-16)24-22(30)27-15-21(29)26(18-6-4-5-7-19(18)27)14-20(28)23-12-13-25(2)3/h4-11H,12-15H2,1-3H3,(H,23,28)(H,24,30). The fraction of sp³-hybridized carbons (Fsp3) is 0.318. The molecule has 0 aliphatic carbocycles. The lowest BCUT2D eigenvalue weighted by molar-refractivity contribution is -0.123. The van der Waals surface area contributed by atoms with E-state index in [9.17, 15) is 14.4 Å². The molecule has 0 bridgehead atoms. The van der Waals surface area contributed by atoms with Crippen LogP contribution in [0.15, 0.2) is 48.5 Å². The van der Waals surface area contributed by atoms with E-state index in [0.29, 0.717) is 30.2 Å². The van der Waals surface area contributed by atoms with Crippen LogP contribution in [-0.4, -0.2) is 63.0 Å². The van der Waals surface area contributed by atoms with Crippen molar-refractivity contribution in [2.75, 3.05) is 55.4 Å². The molecule has 8 heteroatoms. The van der Waals surface area contributed by atoms with Crippen molar-refractivity contribution >= 4 is 34.9 Å². The minimum Gasteiger partial charge on any atom is -0.353 e. The van der Waals surface area contributed by atoms with Crippen LogP contribution in [0.25, 0.3) is 0 Å². The summed E-state index contributed by atoms with van der Waals surface area (Å²) in [6.07, 6.45) is 0. The van der Waals surface area contributed by atoms with Gasteiger partial charge >= 0.3 is 6.03 Å². The number of nitrogens with one attached hydrogen (secondary N) is 2. The zero-order valence-electron chi connectivity index (χ0n) is 17.5. The summed E-state index contributed by atoms with van der Waals surface area (Å²) in [5.74, 6) is -0.548. The number of carbonyl (C=O) groups is 3. The number of hydrogen-bond acceptors (Lipinski definition) is 4. The third-order valence-electron chi connectivity index (χ3n) is 4.79. The van der Waals surface area contributed by atoms with Gasteiger partial charge in [-0.15, -0.1) is 0 Å². The molecule has 30 heavy (non-hydrogen) atoms. The Labute approximate surface area is 176 Å². The Balaban J connectivity index is 1.74. The highest BCUT2D eigenvalue weighted by Gasteiger charge is 2.33. The molecule has 0 atom stereocenters. The van der Waals surface area contributed by atoms with Crippen molar-refractivity contribution in [3.8, 4) is 0 Å². The van der Waals surface area contributed by atoms with E-state index in [1.54, 1.807) is 24.3 Å². The minimum atomic E-state index is -0.394. The second-order valence-electron chi connectivity index (χ2n) is 7.50. The van der Waals surface area contributed by atoms with Gasteiger partial charge in [0, 0.05) is 18.8 Å². The largest absolute Gasteiger partial charge is 0.353 e. The topological polar surface area (TPSA) is 85.0 Å². The molecular weight excluding hydrogens is 382 g/mol. The highest BCUT2D eigenvalue weighted by atomic mass is 16.2. The normalized spacial score (nSPS) is 13.3. The summed E-state index contributed by atoms with van der Waals surface area (Å²) in [5.41, 5.74) is 2.86. The Bertz CT molecular complexity index is 927. The second kappa shape index (κ2) is 9.41. The predicted octanol–water partition coefficient (Wildman–Crippen LogP) is 2.06. The predicted molar refractivity (Wildman–Crippen MR) is 118 cm³/mol. The van der Waals surface area contributed by atoms with E-state index in [2.05, 4.69) is 10.6 Å². The van der Waals surface area contributed by atoms with Crippen molar-refractivity contribution in [1.29, 1.82) is 0 Å². The molecule has 2 aromatic carbocycles. The summed E-state index contributed by atoms with van der Waals surface area (Å²) in [7, 11) is 3.85. The number of fused-ring (bicyclic) bond motifs is 1. The molecule has 2 N–H and O–H groups in total. The quantitative estimate of drug-likeness (QED) is 0.765. The van der Waals surface area contributed by atoms with Crippen molar-refractivity contribution in [2.24, 2.45) is 0 Å². The van der Waals surface area contributed by atoms with Gasteiger partial charge in [-0.25, -0.2) is 4.79 Å². The van der Waals surface area contributed by atoms with Crippen molar-refractivity contribution in [2.45, 2.75) is 6.92 Å². The third kappa shape index (κ3) is 5.15. The first-order chi connectivity index (χ1) is 14.3. The van der Waals surface area contributed by atoms with E-state index in [-0.39, 0.29) is 24.9 Å². The highest BCUT2D eigenvalue weighted by Crippen LogP contribution is 2.33. The van der Waals surface area contributed by atoms with Crippen LogP contribution >= 0.6 is 0 Å². The number of carbonyl (C=O) groups excluding carboxylic acids is 3. The summed E-state index contributed by atoms with van der Waals surface area (Å²) in [4.78, 5) is 42.8. The van der Waals surface area contributed by atoms with Crippen LogP contribution in [0.3, 0.4) is 0 Å². The molecule has 8 nitrogen and oxygen atoms in total. The van der Waals surface area contributed by atoms with Crippen LogP contribution in [0, 0.1) is 6.92 Å². The van der Waals surface area contributed by atoms with E-state index in [1.165, 1.54) is 9.80 Å². The van der Waals surface area contributed by atoms with Crippen LogP contribution < -0.4 is 20.4 Å². The number of benzene rings is 2. The Morgan fingerprint density at radius 2 is 1.70 bits per heavy atom. The van der Waals surface area contributed by atoms with E-state index >= 15 is 0 Å².